The minimum atomic E-state index is -0.316. The molecular formula is C15H21NO2. The fraction of sp³-hybridized carbons (Fsp3) is 0.533. The molecule has 1 saturated heterocycles. The number of methoxy groups -OCH3 is 1. The minimum Gasteiger partial charge on any atom is -0.497 e. The molecule has 0 aliphatic carbocycles. The molecule has 1 fully saturated rings. The Labute approximate surface area is 109 Å². The lowest BCUT2D eigenvalue weighted by Crippen LogP contribution is -2.62. The number of carbonyl (C=O) groups is 1. The van der Waals surface area contributed by atoms with E-state index in [2.05, 4.69) is 12.2 Å². The first-order valence-electron chi connectivity index (χ1n) is 6.66. The van der Waals surface area contributed by atoms with Crippen molar-refractivity contribution in [2.75, 3.05) is 13.7 Å². The molecule has 1 aromatic carbocycles. The van der Waals surface area contributed by atoms with Crippen molar-refractivity contribution in [2.24, 2.45) is 0 Å². The van der Waals surface area contributed by atoms with Gasteiger partial charge >= 0.3 is 0 Å². The van der Waals surface area contributed by atoms with Crippen molar-refractivity contribution < 1.29 is 9.53 Å². The third-order valence-electron chi connectivity index (χ3n) is 3.81. The van der Waals surface area contributed by atoms with Crippen LogP contribution in [0.15, 0.2) is 24.3 Å². The predicted molar refractivity (Wildman–Crippen MR) is 71.8 cm³/mol. The van der Waals surface area contributed by atoms with E-state index in [1.165, 1.54) is 12.8 Å². The molecule has 1 atom stereocenters. The number of carbonyl (C=O) groups excluding carboxylic acids is 1. The molecule has 1 aromatic rings. The molecule has 0 saturated carbocycles. The number of nitrogens with one attached hydrogen (secondary N) is 1. The van der Waals surface area contributed by atoms with E-state index in [4.69, 9.17) is 4.74 Å². The van der Waals surface area contributed by atoms with Crippen molar-refractivity contribution in [2.45, 2.75) is 38.0 Å². The van der Waals surface area contributed by atoms with Gasteiger partial charge in [-0.05, 0) is 24.1 Å². The van der Waals surface area contributed by atoms with E-state index in [1.54, 1.807) is 7.11 Å². The molecule has 1 aliphatic rings. The highest BCUT2D eigenvalue weighted by molar-refractivity contribution is 5.94. The van der Waals surface area contributed by atoms with Gasteiger partial charge in [0.05, 0.1) is 12.5 Å². The van der Waals surface area contributed by atoms with Gasteiger partial charge in [0.1, 0.15) is 5.75 Å². The molecule has 0 radical (unpaired) electrons. The first-order valence-corrected chi connectivity index (χ1v) is 6.66. The number of β-lactam (4-membered cyclic amide) rings is 1. The summed E-state index contributed by atoms with van der Waals surface area (Å²) in [6.45, 7) is 2.93. The van der Waals surface area contributed by atoms with E-state index >= 15 is 0 Å². The summed E-state index contributed by atoms with van der Waals surface area (Å²) in [6, 6.07) is 7.90. The highest BCUT2D eigenvalue weighted by Crippen LogP contribution is 2.36. The molecule has 0 aromatic heterocycles. The second-order valence-corrected chi connectivity index (χ2v) is 4.95. The van der Waals surface area contributed by atoms with Crippen molar-refractivity contribution in [1.29, 1.82) is 0 Å². The molecule has 3 nitrogen and oxygen atoms in total. The van der Waals surface area contributed by atoms with E-state index < -0.39 is 0 Å². The van der Waals surface area contributed by atoms with Crippen molar-refractivity contribution in [3.8, 4) is 5.75 Å². The van der Waals surface area contributed by atoms with Crippen LogP contribution < -0.4 is 10.1 Å². The summed E-state index contributed by atoms with van der Waals surface area (Å²) in [4.78, 5) is 12.0. The summed E-state index contributed by atoms with van der Waals surface area (Å²) in [5.74, 6) is 0.980. The number of ether oxygens (including phenoxy) is 1. The zero-order valence-corrected chi connectivity index (χ0v) is 11.2. The third kappa shape index (κ3) is 2.22. The maximum Gasteiger partial charge on any atom is 0.232 e. The van der Waals surface area contributed by atoms with Crippen LogP contribution in [0.2, 0.25) is 0 Å². The van der Waals surface area contributed by atoms with Gasteiger partial charge < -0.3 is 10.1 Å². The van der Waals surface area contributed by atoms with Gasteiger partial charge in [0.25, 0.3) is 0 Å². The molecule has 3 heteroatoms. The minimum absolute atomic E-state index is 0.159. The number of amides is 1. The average molecular weight is 247 g/mol. The van der Waals surface area contributed by atoms with Crippen molar-refractivity contribution >= 4 is 5.91 Å². The van der Waals surface area contributed by atoms with Gasteiger partial charge in [0, 0.05) is 6.54 Å². The van der Waals surface area contributed by atoms with Gasteiger partial charge in [0.15, 0.2) is 0 Å². The lowest BCUT2D eigenvalue weighted by atomic mass is 9.70. The number of rotatable bonds is 6. The van der Waals surface area contributed by atoms with Gasteiger partial charge in [-0.2, -0.15) is 0 Å². The Kier molecular flexibility index (Phi) is 3.90. The second-order valence-electron chi connectivity index (χ2n) is 4.95. The van der Waals surface area contributed by atoms with E-state index in [1.807, 2.05) is 24.3 Å². The number of hydrogen-bond donors (Lipinski definition) is 1. The van der Waals surface area contributed by atoms with E-state index in [9.17, 15) is 4.79 Å². The van der Waals surface area contributed by atoms with E-state index in [0.29, 0.717) is 0 Å². The summed E-state index contributed by atoms with van der Waals surface area (Å²) in [6.07, 6.45) is 4.38. The SMILES string of the molecule is CCCCC[C@]1(c2cccc(OC)c2)CNC1=O. The number of benzene rings is 1. The van der Waals surface area contributed by atoms with Crippen molar-refractivity contribution in [3.63, 3.8) is 0 Å². The molecule has 1 aliphatic heterocycles. The maximum atomic E-state index is 12.0. The van der Waals surface area contributed by atoms with Crippen LogP contribution in [0.25, 0.3) is 0 Å². The maximum absolute atomic E-state index is 12.0. The Morgan fingerprint density at radius 3 is 2.78 bits per heavy atom. The molecule has 0 spiro atoms. The fourth-order valence-electron chi connectivity index (χ4n) is 2.55. The standard InChI is InChI=1S/C15H21NO2/c1-3-4-5-9-15(11-16-14(15)17)12-7-6-8-13(10-12)18-2/h6-8,10H,3-5,9,11H2,1-2H3,(H,16,17)/t15-/m1/s1. The van der Waals surface area contributed by atoms with Gasteiger partial charge in [-0.15, -0.1) is 0 Å². The Morgan fingerprint density at radius 2 is 2.22 bits per heavy atom. The average Bonchev–Trinajstić information content (AvgIpc) is 2.42. The Morgan fingerprint density at radius 1 is 1.39 bits per heavy atom. The Bertz CT molecular complexity index is 430. The lowest BCUT2D eigenvalue weighted by molar-refractivity contribution is -0.134. The zero-order valence-electron chi connectivity index (χ0n) is 11.2. The molecule has 98 valence electrons. The van der Waals surface area contributed by atoms with Crippen LogP contribution in [0.4, 0.5) is 0 Å². The lowest BCUT2D eigenvalue weighted by Gasteiger charge is -2.41. The highest BCUT2D eigenvalue weighted by Gasteiger charge is 2.47. The fourth-order valence-corrected chi connectivity index (χ4v) is 2.55. The Hall–Kier alpha value is -1.51. The smallest absolute Gasteiger partial charge is 0.232 e. The van der Waals surface area contributed by atoms with Crippen LogP contribution in [0.5, 0.6) is 5.75 Å². The van der Waals surface area contributed by atoms with E-state index in [0.717, 1.165) is 30.7 Å². The quantitative estimate of drug-likeness (QED) is 0.620. The molecule has 18 heavy (non-hydrogen) atoms. The van der Waals surface area contributed by atoms with Crippen molar-refractivity contribution in [3.05, 3.63) is 29.8 Å². The molecule has 2 rings (SSSR count). The topological polar surface area (TPSA) is 38.3 Å². The first-order chi connectivity index (χ1) is 8.73. The summed E-state index contributed by atoms with van der Waals surface area (Å²) in [5.41, 5.74) is 0.769. The molecular weight excluding hydrogens is 226 g/mol. The predicted octanol–water partition coefficient (Wildman–Crippen LogP) is 2.64. The molecule has 1 N–H and O–H groups in total. The molecule has 1 amide bonds. The summed E-state index contributed by atoms with van der Waals surface area (Å²) in [5, 5.41) is 2.88. The van der Waals surface area contributed by atoms with Crippen LogP contribution >= 0.6 is 0 Å². The second kappa shape index (κ2) is 5.42. The van der Waals surface area contributed by atoms with Gasteiger partial charge in [-0.25, -0.2) is 0 Å². The van der Waals surface area contributed by atoms with Crippen LogP contribution in [0.3, 0.4) is 0 Å². The Balaban J connectivity index is 2.21. The van der Waals surface area contributed by atoms with Crippen molar-refractivity contribution in [1.82, 2.24) is 5.32 Å². The monoisotopic (exact) mass is 247 g/mol. The molecule has 0 bridgehead atoms. The summed E-state index contributed by atoms with van der Waals surface area (Å²) < 4.78 is 5.25. The summed E-state index contributed by atoms with van der Waals surface area (Å²) in [7, 11) is 1.66. The highest BCUT2D eigenvalue weighted by atomic mass is 16.5. The van der Waals surface area contributed by atoms with Crippen LogP contribution in [0.1, 0.15) is 38.2 Å². The first kappa shape index (κ1) is 12.9. The third-order valence-corrected chi connectivity index (χ3v) is 3.81. The van der Waals surface area contributed by atoms with Crippen LogP contribution in [-0.2, 0) is 10.2 Å². The van der Waals surface area contributed by atoms with Crippen LogP contribution in [-0.4, -0.2) is 19.6 Å². The van der Waals surface area contributed by atoms with Gasteiger partial charge in [-0.1, -0.05) is 38.3 Å². The normalized spacial score (nSPS) is 22.2. The summed E-state index contributed by atoms with van der Waals surface area (Å²) >= 11 is 0. The van der Waals surface area contributed by atoms with Gasteiger partial charge in [-0.3, -0.25) is 4.79 Å². The molecule has 1 heterocycles. The van der Waals surface area contributed by atoms with Gasteiger partial charge in [0.2, 0.25) is 5.91 Å². The number of unbranched alkanes of at least 4 members (excludes halogenated alkanes) is 2. The zero-order chi connectivity index (χ0) is 13.0. The van der Waals surface area contributed by atoms with E-state index in [-0.39, 0.29) is 11.3 Å². The molecule has 0 unspecified atom stereocenters. The van der Waals surface area contributed by atoms with Crippen LogP contribution in [0, 0.1) is 0 Å². The largest absolute Gasteiger partial charge is 0.497 e. The number of hydrogen-bond acceptors (Lipinski definition) is 2.